The number of nitrogens with zero attached hydrogens (tertiary/aromatic N) is 3. The lowest BCUT2D eigenvalue weighted by molar-refractivity contribution is 0.280. The lowest BCUT2D eigenvalue weighted by Crippen LogP contribution is -2.16. The molecular weight excluding hydrogens is 513 g/mol. The van der Waals surface area contributed by atoms with Crippen molar-refractivity contribution >= 4 is 26.6 Å². The highest BCUT2D eigenvalue weighted by Crippen LogP contribution is 2.37. The highest BCUT2D eigenvalue weighted by atomic mass is 32.2. The van der Waals surface area contributed by atoms with Crippen LogP contribution in [0, 0.1) is 17.5 Å². The number of rotatable bonds is 7. The topological polar surface area (TPSA) is 146 Å². The molecule has 4 N–H and O–H groups in total. The molecule has 190 valence electrons. The summed E-state index contributed by atoms with van der Waals surface area (Å²) in [6, 6.07) is 5.34. The monoisotopic (exact) mass is 530 g/mol. The van der Waals surface area contributed by atoms with Crippen molar-refractivity contribution in [3.8, 4) is 28.5 Å². The number of methoxy groups -OCH3 is 1. The normalized spacial score (nSPS) is 11.7. The molecule has 5 aromatic rings. The molecule has 0 unspecified atom stereocenters. The largest absolute Gasteiger partial charge is 0.480 e. The van der Waals surface area contributed by atoms with Gasteiger partial charge in [-0.25, -0.2) is 31.6 Å². The molecular formula is C23H17F3N6O4S. The fraction of sp³-hybridized carbons (Fsp3) is 0.0870. The van der Waals surface area contributed by atoms with Crippen LogP contribution in [0.2, 0.25) is 0 Å². The molecule has 0 bridgehead atoms. The first kappa shape index (κ1) is 24.3. The van der Waals surface area contributed by atoms with Gasteiger partial charge in [-0.2, -0.15) is 5.10 Å². The molecule has 0 fully saturated rings. The molecule has 0 saturated carbocycles. The zero-order valence-corrected chi connectivity index (χ0v) is 19.7. The molecule has 5 rings (SSSR count). The second kappa shape index (κ2) is 9.22. The van der Waals surface area contributed by atoms with Crippen molar-refractivity contribution in [2.24, 2.45) is 0 Å². The summed E-state index contributed by atoms with van der Waals surface area (Å²) in [5.41, 5.74) is -1.57. The van der Waals surface area contributed by atoms with Gasteiger partial charge in [-0.05, 0) is 29.8 Å². The number of ether oxygens (including phenoxy) is 1. The number of aliphatic hydroxyl groups is 1. The number of nitrogens with one attached hydrogen (secondary N) is 3. The van der Waals surface area contributed by atoms with E-state index in [-0.39, 0.29) is 17.0 Å². The van der Waals surface area contributed by atoms with E-state index in [4.69, 9.17) is 4.74 Å². The third-order valence-electron chi connectivity index (χ3n) is 5.55. The van der Waals surface area contributed by atoms with Crippen LogP contribution in [0.4, 0.5) is 18.9 Å². The van der Waals surface area contributed by atoms with Crippen LogP contribution in [-0.4, -0.2) is 45.8 Å². The Morgan fingerprint density at radius 2 is 1.92 bits per heavy atom. The standard InChI is InChI=1S/C23H17F3N6O4S/c1-36-23-16(8-11(10-33)9-29-23)37(34,35)32-15-5-4-14(24)17(19(15)26)12-2-3-13-20(18(12)25)30-31-21(13)22-27-6-7-28-22/h2-9,32-33H,10H2,1H3,(H,27,28)(H,30,31). The number of pyridine rings is 1. The van der Waals surface area contributed by atoms with E-state index >= 15 is 8.78 Å². The summed E-state index contributed by atoms with van der Waals surface area (Å²) in [6.45, 7) is -0.509. The van der Waals surface area contributed by atoms with Gasteiger partial charge in [0.05, 0.1) is 25.0 Å². The predicted molar refractivity (Wildman–Crippen MR) is 127 cm³/mol. The first-order valence-corrected chi connectivity index (χ1v) is 12.0. The van der Waals surface area contributed by atoms with Crippen molar-refractivity contribution in [2.45, 2.75) is 11.5 Å². The first-order chi connectivity index (χ1) is 17.7. The molecule has 2 aromatic carbocycles. The van der Waals surface area contributed by atoms with Gasteiger partial charge in [0.2, 0.25) is 5.88 Å². The molecule has 0 atom stereocenters. The minimum Gasteiger partial charge on any atom is -0.480 e. The SMILES string of the molecule is COc1ncc(CO)cc1S(=O)(=O)Nc1ccc(F)c(-c2ccc3c(-c4ncc[nH]4)[nH]nc3c2F)c1F. The molecule has 10 nitrogen and oxygen atoms in total. The van der Waals surface area contributed by atoms with Crippen LogP contribution in [0.25, 0.3) is 33.5 Å². The lowest BCUT2D eigenvalue weighted by Gasteiger charge is -2.14. The van der Waals surface area contributed by atoms with Gasteiger partial charge >= 0.3 is 0 Å². The summed E-state index contributed by atoms with van der Waals surface area (Å²) in [4.78, 5) is 10.3. The molecule has 0 radical (unpaired) electrons. The number of aliphatic hydroxyl groups excluding tert-OH is 1. The van der Waals surface area contributed by atoms with Gasteiger partial charge in [-0.3, -0.25) is 9.82 Å². The van der Waals surface area contributed by atoms with E-state index in [0.717, 1.165) is 24.3 Å². The molecule has 14 heteroatoms. The van der Waals surface area contributed by atoms with Crippen molar-refractivity contribution in [1.82, 2.24) is 25.1 Å². The number of anilines is 1. The van der Waals surface area contributed by atoms with Gasteiger partial charge in [0.15, 0.2) is 17.5 Å². The zero-order valence-electron chi connectivity index (χ0n) is 18.9. The Morgan fingerprint density at radius 3 is 2.62 bits per heavy atom. The molecule has 3 aromatic heterocycles. The maximum atomic E-state index is 15.5. The summed E-state index contributed by atoms with van der Waals surface area (Å²) in [7, 11) is -3.34. The average Bonchev–Trinajstić information content (AvgIpc) is 3.57. The molecule has 0 aliphatic rings. The van der Waals surface area contributed by atoms with E-state index in [9.17, 15) is 17.9 Å². The van der Waals surface area contributed by atoms with Crippen LogP contribution in [0.3, 0.4) is 0 Å². The van der Waals surface area contributed by atoms with Crippen molar-refractivity contribution in [1.29, 1.82) is 0 Å². The van der Waals surface area contributed by atoms with Crippen molar-refractivity contribution in [2.75, 3.05) is 11.8 Å². The lowest BCUT2D eigenvalue weighted by atomic mass is 10.0. The highest BCUT2D eigenvalue weighted by molar-refractivity contribution is 7.92. The number of aromatic amines is 2. The van der Waals surface area contributed by atoms with E-state index in [1.807, 2.05) is 4.72 Å². The van der Waals surface area contributed by atoms with Crippen molar-refractivity contribution in [3.63, 3.8) is 0 Å². The molecule has 0 aliphatic carbocycles. The minimum absolute atomic E-state index is 0.157. The average molecular weight is 530 g/mol. The maximum absolute atomic E-state index is 15.5. The third kappa shape index (κ3) is 4.15. The van der Waals surface area contributed by atoms with E-state index in [0.29, 0.717) is 16.9 Å². The van der Waals surface area contributed by atoms with Gasteiger partial charge in [0.1, 0.15) is 21.9 Å². The number of halogens is 3. The quantitative estimate of drug-likeness (QED) is 0.251. The van der Waals surface area contributed by atoms with Gasteiger partial charge in [0.25, 0.3) is 10.0 Å². The van der Waals surface area contributed by atoms with Crippen LogP contribution >= 0.6 is 0 Å². The summed E-state index contributed by atoms with van der Waals surface area (Å²) < 4.78 is 78.8. The summed E-state index contributed by atoms with van der Waals surface area (Å²) >= 11 is 0. The second-order valence-corrected chi connectivity index (χ2v) is 9.41. The zero-order chi connectivity index (χ0) is 26.3. The van der Waals surface area contributed by atoms with Crippen LogP contribution in [0.1, 0.15) is 5.56 Å². The van der Waals surface area contributed by atoms with Crippen molar-refractivity contribution in [3.05, 3.63) is 71.9 Å². The minimum atomic E-state index is -4.52. The number of hydrogen-bond donors (Lipinski definition) is 4. The van der Waals surface area contributed by atoms with Crippen LogP contribution < -0.4 is 9.46 Å². The number of benzene rings is 2. The summed E-state index contributed by atoms with van der Waals surface area (Å²) in [5, 5.41) is 16.2. The smallest absolute Gasteiger partial charge is 0.267 e. The molecule has 0 amide bonds. The predicted octanol–water partition coefficient (Wildman–Crippen LogP) is 3.73. The van der Waals surface area contributed by atoms with E-state index < -0.39 is 55.8 Å². The summed E-state index contributed by atoms with van der Waals surface area (Å²) in [5.74, 6) is -3.42. The van der Waals surface area contributed by atoms with Crippen LogP contribution in [0.15, 0.2) is 53.8 Å². The number of aromatic nitrogens is 5. The Labute approximate surface area is 207 Å². The van der Waals surface area contributed by atoms with Gasteiger partial charge in [-0.15, -0.1) is 0 Å². The van der Waals surface area contributed by atoms with Gasteiger partial charge in [0, 0.05) is 29.5 Å². The van der Waals surface area contributed by atoms with Crippen molar-refractivity contribution < 1.29 is 31.4 Å². The highest BCUT2D eigenvalue weighted by Gasteiger charge is 2.27. The fourth-order valence-electron chi connectivity index (χ4n) is 3.81. The van der Waals surface area contributed by atoms with E-state index in [1.165, 1.54) is 25.6 Å². The number of fused-ring (bicyclic) bond motifs is 1. The van der Waals surface area contributed by atoms with E-state index in [2.05, 4.69) is 25.1 Å². The molecule has 37 heavy (non-hydrogen) atoms. The number of imidazole rings is 1. The fourth-order valence-corrected chi connectivity index (χ4v) is 5.04. The molecule has 3 heterocycles. The number of hydrogen-bond acceptors (Lipinski definition) is 7. The number of sulfonamides is 1. The first-order valence-electron chi connectivity index (χ1n) is 10.6. The summed E-state index contributed by atoms with van der Waals surface area (Å²) in [6.07, 6.45) is 4.27. The Bertz CT molecular complexity index is 1740. The Hall–Kier alpha value is -4.43. The third-order valence-corrected chi connectivity index (χ3v) is 6.91. The molecule has 0 spiro atoms. The Kier molecular flexibility index (Phi) is 6.05. The van der Waals surface area contributed by atoms with Gasteiger partial charge in [-0.1, -0.05) is 6.07 Å². The molecule has 0 aliphatic heterocycles. The Morgan fingerprint density at radius 1 is 1.11 bits per heavy atom. The Balaban J connectivity index is 1.59. The maximum Gasteiger partial charge on any atom is 0.267 e. The van der Waals surface area contributed by atoms with Crippen LogP contribution in [0.5, 0.6) is 5.88 Å². The number of H-pyrrole nitrogens is 2. The molecule has 0 saturated heterocycles. The van der Waals surface area contributed by atoms with E-state index in [1.54, 1.807) is 6.20 Å². The van der Waals surface area contributed by atoms with Crippen LogP contribution in [-0.2, 0) is 16.6 Å². The second-order valence-electron chi connectivity index (χ2n) is 7.76. The van der Waals surface area contributed by atoms with Gasteiger partial charge < -0.3 is 14.8 Å².